The lowest BCUT2D eigenvalue weighted by Crippen LogP contribution is -2.41. The van der Waals surface area contributed by atoms with Gasteiger partial charge in [0.25, 0.3) is 0 Å². The van der Waals surface area contributed by atoms with Gasteiger partial charge in [-0.3, -0.25) is 9.59 Å². The molecule has 0 radical (unpaired) electrons. The Morgan fingerprint density at radius 3 is 2.09 bits per heavy atom. The first-order chi connectivity index (χ1) is 11.1. The van der Waals surface area contributed by atoms with Crippen LogP contribution in [0.15, 0.2) is 0 Å². The van der Waals surface area contributed by atoms with E-state index in [0.29, 0.717) is 12.5 Å². The number of nitrogens with one attached hydrogen (secondary N) is 1. The molecule has 3 N–H and O–H groups in total. The summed E-state index contributed by atoms with van der Waals surface area (Å²) in [7, 11) is 0. The number of amides is 2. The Bertz CT molecular complexity index is 385. The minimum absolute atomic E-state index is 0.0367. The summed E-state index contributed by atoms with van der Waals surface area (Å²) < 4.78 is 0. The summed E-state index contributed by atoms with van der Waals surface area (Å²) in [6, 6.07) is 0. The summed E-state index contributed by atoms with van der Waals surface area (Å²) >= 11 is 0. The van der Waals surface area contributed by atoms with Crippen molar-refractivity contribution in [2.45, 2.75) is 77.6 Å². The molecule has 1 unspecified atom stereocenters. The second kappa shape index (κ2) is 9.29. The van der Waals surface area contributed by atoms with Gasteiger partial charge < -0.3 is 11.1 Å². The maximum atomic E-state index is 12.6. The SMILES string of the molecule is CCNC(=O)C(CC1CCCC1)[C@H](CCC1CCCC1)C(N)=O. The summed E-state index contributed by atoms with van der Waals surface area (Å²) in [6.45, 7) is 2.55. The minimum Gasteiger partial charge on any atom is -0.369 e. The molecule has 2 fully saturated rings. The van der Waals surface area contributed by atoms with Crippen LogP contribution in [-0.4, -0.2) is 18.4 Å². The van der Waals surface area contributed by atoms with Gasteiger partial charge in [0.2, 0.25) is 11.8 Å². The van der Waals surface area contributed by atoms with Crippen molar-refractivity contribution < 1.29 is 9.59 Å². The molecule has 0 heterocycles. The molecule has 2 rings (SSSR count). The Balaban J connectivity index is 2.00. The number of primary amides is 1. The molecule has 2 saturated carbocycles. The van der Waals surface area contributed by atoms with Gasteiger partial charge >= 0.3 is 0 Å². The molecule has 0 aromatic heterocycles. The smallest absolute Gasteiger partial charge is 0.223 e. The zero-order valence-corrected chi connectivity index (χ0v) is 14.7. The molecule has 0 bridgehead atoms. The van der Waals surface area contributed by atoms with Crippen LogP contribution in [0.25, 0.3) is 0 Å². The Morgan fingerprint density at radius 2 is 1.57 bits per heavy atom. The van der Waals surface area contributed by atoms with Crippen LogP contribution >= 0.6 is 0 Å². The van der Waals surface area contributed by atoms with E-state index in [0.717, 1.165) is 25.2 Å². The monoisotopic (exact) mass is 322 g/mol. The Labute approximate surface area is 141 Å². The van der Waals surface area contributed by atoms with Crippen LogP contribution in [-0.2, 0) is 9.59 Å². The number of carbonyl (C=O) groups excluding carboxylic acids is 2. The lowest BCUT2D eigenvalue weighted by molar-refractivity contribution is -0.134. The van der Waals surface area contributed by atoms with Gasteiger partial charge in [-0.25, -0.2) is 0 Å². The van der Waals surface area contributed by atoms with Crippen LogP contribution in [0, 0.1) is 23.7 Å². The van der Waals surface area contributed by atoms with Crippen molar-refractivity contribution in [3.05, 3.63) is 0 Å². The Kier molecular flexibility index (Phi) is 7.38. The molecule has 4 heteroatoms. The van der Waals surface area contributed by atoms with Crippen molar-refractivity contribution in [2.75, 3.05) is 6.54 Å². The lowest BCUT2D eigenvalue weighted by atomic mass is 9.79. The fourth-order valence-electron chi connectivity index (χ4n) is 4.62. The fraction of sp³-hybridized carbons (Fsp3) is 0.895. The predicted molar refractivity (Wildman–Crippen MR) is 92.6 cm³/mol. The maximum Gasteiger partial charge on any atom is 0.223 e. The molecule has 0 saturated heterocycles. The first-order valence-electron chi connectivity index (χ1n) is 9.68. The van der Waals surface area contributed by atoms with E-state index in [2.05, 4.69) is 5.32 Å². The van der Waals surface area contributed by atoms with E-state index >= 15 is 0 Å². The second-order valence-electron chi connectivity index (χ2n) is 7.62. The molecule has 2 aliphatic rings. The van der Waals surface area contributed by atoms with Crippen LogP contribution in [0.1, 0.15) is 77.6 Å². The van der Waals surface area contributed by atoms with E-state index in [1.54, 1.807) is 0 Å². The van der Waals surface area contributed by atoms with Crippen LogP contribution < -0.4 is 11.1 Å². The molecule has 0 aromatic carbocycles. The van der Waals surface area contributed by atoms with Crippen LogP contribution in [0.4, 0.5) is 0 Å². The summed E-state index contributed by atoms with van der Waals surface area (Å²) in [5.41, 5.74) is 5.71. The molecule has 2 aliphatic carbocycles. The largest absolute Gasteiger partial charge is 0.369 e. The second-order valence-corrected chi connectivity index (χ2v) is 7.62. The first kappa shape index (κ1) is 18.3. The standard InChI is InChI=1S/C19H34N2O2/c1-2-21-19(23)17(13-15-9-5-6-10-15)16(18(20)22)12-11-14-7-3-4-8-14/h14-17H,2-13H2,1H3,(H2,20,22)(H,21,23)/t16-,17?/m0/s1. The van der Waals surface area contributed by atoms with E-state index in [4.69, 9.17) is 5.73 Å². The number of nitrogens with two attached hydrogens (primary N) is 1. The van der Waals surface area contributed by atoms with E-state index in [1.807, 2.05) is 6.92 Å². The zero-order chi connectivity index (χ0) is 16.7. The van der Waals surface area contributed by atoms with Gasteiger partial charge in [0.05, 0.1) is 0 Å². The van der Waals surface area contributed by atoms with Gasteiger partial charge in [-0.15, -0.1) is 0 Å². The van der Waals surface area contributed by atoms with Gasteiger partial charge in [-0.2, -0.15) is 0 Å². The summed E-state index contributed by atoms with van der Waals surface area (Å²) in [5, 5.41) is 2.94. The molecule has 0 spiro atoms. The number of rotatable bonds is 9. The zero-order valence-electron chi connectivity index (χ0n) is 14.7. The average Bonchev–Trinajstić information content (AvgIpc) is 3.19. The Morgan fingerprint density at radius 1 is 1.00 bits per heavy atom. The molecule has 0 aromatic rings. The highest BCUT2D eigenvalue weighted by Gasteiger charge is 2.35. The Hall–Kier alpha value is -1.06. The molecule has 23 heavy (non-hydrogen) atoms. The number of carbonyl (C=O) groups is 2. The summed E-state index contributed by atoms with van der Waals surface area (Å²) in [5.74, 6) is 0.570. The quantitative estimate of drug-likeness (QED) is 0.683. The minimum atomic E-state index is -0.289. The van der Waals surface area contributed by atoms with E-state index in [-0.39, 0.29) is 23.7 Å². The maximum absolute atomic E-state index is 12.6. The third kappa shape index (κ3) is 5.50. The van der Waals surface area contributed by atoms with Gasteiger partial charge in [0, 0.05) is 18.4 Å². The van der Waals surface area contributed by atoms with Crippen molar-refractivity contribution >= 4 is 11.8 Å². The first-order valence-corrected chi connectivity index (χ1v) is 9.68. The predicted octanol–water partition coefficient (Wildman–Crippen LogP) is 3.39. The lowest BCUT2D eigenvalue weighted by Gasteiger charge is -2.27. The molecule has 132 valence electrons. The van der Waals surface area contributed by atoms with Crippen LogP contribution in [0.5, 0.6) is 0 Å². The van der Waals surface area contributed by atoms with E-state index < -0.39 is 0 Å². The van der Waals surface area contributed by atoms with Crippen molar-refractivity contribution in [1.82, 2.24) is 5.32 Å². The van der Waals surface area contributed by atoms with Gasteiger partial charge in [-0.05, 0) is 38.0 Å². The molecule has 2 amide bonds. The van der Waals surface area contributed by atoms with Crippen molar-refractivity contribution in [1.29, 1.82) is 0 Å². The normalized spacial score (nSPS) is 22.1. The highest BCUT2D eigenvalue weighted by Crippen LogP contribution is 2.36. The summed E-state index contributed by atoms with van der Waals surface area (Å²) in [6.07, 6.45) is 12.8. The summed E-state index contributed by atoms with van der Waals surface area (Å²) in [4.78, 5) is 24.6. The highest BCUT2D eigenvalue weighted by molar-refractivity contribution is 5.86. The molecule has 0 aliphatic heterocycles. The molecule has 4 nitrogen and oxygen atoms in total. The molecular formula is C19H34N2O2. The number of hydrogen-bond donors (Lipinski definition) is 2. The van der Waals surface area contributed by atoms with Crippen molar-refractivity contribution in [3.63, 3.8) is 0 Å². The van der Waals surface area contributed by atoms with E-state index in [1.165, 1.54) is 51.4 Å². The third-order valence-corrected chi connectivity index (χ3v) is 5.96. The fourth-order valence-corrected chi connectivity index (χ4v) is 4.62. The van der Waals surface area contributed by atoms with Crippen LogP contribution in [0.3, 0.4) is 0 Å². The van der Waals surface area contributed by atoms with E-state index in [9.17, 15) is 9.59 Å². The van der Waals surface area contributed by atoms with Crippen LogP contribution in [0.2, 0.25) is 0 Å². The van der Waals surface area contributed by atoms with Gasteiger partial charge in [0.15, 0.2) is 0 Å². The van der Waals surface area contributed by atoms with Crippen molar-refractivity contribution in [2.24, 2.45) is 29.4 Å². The molecular weight excluding hydrogens is 288 g/mol. The molecule has 2 atom stereocenters. The van der Waals surface area contributed by atoms with Crippen molar-refractivity contribution in [3.8, 4) is 0 Å². The van der Waals surface area contributed by atoms with Gasteiger partial charge in [-0.1, -0.05) is 51.4 Å². The number of hydrogen-bond acceptors (Lipinski definition) is 2. The highest BCUT2D eigenvalue weighted by atomic mass is 16.2. The van der Waals surface area contributed by atoms with Gasteiger partial charge in [0.1, 0.15) is 0 Å². The third-order valence-electron chi connectivity index (χ3n) is 5.96. The topological polar surface area (TPSA) is 72.2 Å². The average molecular weight is 322 g/mol.